The summed E-state index contributed by atoms with van der Waals surface area (Å²) >= 11 is 4.76. The summed E-state index contributed by atoms with van der Waals surface area (Å²) in [5.74, 6) is 0. The molecule has 0 radical (unpaired) electrons. The maximum absolute atomic E-state index is 9.31. The Hall–Kier alpha value is 0.813. The Kier molecular flexibility index (Phi) is 2.50. The van der Waals surface area contributed by atoms with Gasteiger partial charge < -0.3 is 0 Å². The van der Waals surface area contributed by atoms with Crippen LogP contribution >= 0.6 is 0 Å². The van der Waals surface area contributed by atoms with E-state index in [0.29, 0.717) is 18.3 Å². The summed E-state index contributed by atoms with van der Waals surface area (Å²) < 4.78 is -0.146. The zero-order chi connectivity index (χ0) is 3.58. The molecule has 0 unspecified atom stereocenters. The fourth-order valence-electron chi connectivity index (χ4n) is 0. The van der Waals surface area contributed by atoms with Crippen LogP contribution in [0.4, 0.5) is 4.79 Å². The summed E-state index contributed by atoms with van der Waals surface area (Å²) in [6.45, 7) is 0. The van der Waals surface area contributed by atoms with Crippen molar-refractivity contribution >= 4 is 3.28 Å². The second-order valence-electron chi connectivity index (χ2n) is 0.312. The number of carbonyl (C=O) groups excluding carboxylic acids is 1. The molecule has 0 fully saturated rings. The van der Waals surface area contributed by atoms with E-state index in [1.165, 1.54) is 0 Å². The zero-order valence-electron chi connectivity index (χ0n) is 1.92. The summed E-state index contributed by atoms with van der Waals surface area (Å²) in [5.41, 5.74) is 0. The van der Waals surface area contributed by atoms with Crippen LogP contribution in [0.5, 0.6) is 0 Å². The topological polar surface area (TPSA) is 17.1 Å². The zero-order valence-corrected chi connectivity index (χ0v) is 5.83. The average Bonchev–Trinajstić information content (AvgIpc) is 0.811. The van der Waals surface area contributed by atoms with Gasteiger partial charge >= 0.3 is 42.4 Å². The molecule has 0 N–H and O–H groups in total. The second kappa shape index (κ2) is 2.08. The van der Waals surface area contributed by atoms with Gasteiger partial charge in [0.1, 0.15) is 0 Å². The molecule has 0 aromatic carbocycles. The molecule has 0 spiro atoms. The second-order valence-corrected chi connectivity index (χ2v) is 3.29. The van der Waals surface area contributed by atoms with Gasteiger partial charge in [0, 0.05) is 0 Å². The van der Waals surface area contributed by atoms with Crippen LogP contribution in [0.25, 0.3) is 0 Å². The summed E-state index contributed by atoms with van der Waals surface area (Å²) in [6.07, 6.45) is 0. The average molecular weight is 157 g/mol. The van der Waals surface area contributed by atoms with Crippen molar-refractivity contribution in [2.24, 2.45) is 0 Å². The molecule has 1 nitrogen and oxygen atoms in total. The molecule has 3 heteroatoms. The van der Waals surface area contributed by atoms with Gasteiger partial charge in [0.15, 0.2) is 0 Å². The fraction of sp³-hybridized carbons (Fsp3) is 0. The van der Waals surface area contributed by atoms with E-state index in [2.05, 4.69) is 16.0 Å². The summed E-state index contributed by atoms with van der Waals surface area (Å²) in [6, 6.07) is 0. The quantitative estimate of drug-likeness (QED) is 0.459. The van der Waals surface area contributed by atoms with Gasteiger partial charge in [-0.2, -0.15) is 0 Å². The Morgan fingerprint density at radius 2 is 2.00 bits per heavy atom. The van der Waals surface area contributed by atoms with E-state index < -0.39 is 0 Å². The molecule has 0 saturated heterocycles. The van der Waals surface area contributed by atoms with Gasteiger partial charge in [-0.15, -0.1) is 0 Å². The SMILES string of the molecule is O=[C]([Cu])[Zn]. The Labute approximate surface area is 42.6 Å². The van der Waals surface area contributed by atoms with Crippen LogP contribution in [-0.2, 0) is 34.3 Å². The number of hydrogen-bond donors (Lipinski definition) is 0. The monoisotopic (exact) mass is 155 g/mol. The molecule has 4 heavy (non-hydrogen) atoms. The van der Waals surface area contributed by atoms with Crippen molar-refractivity contribution < 1.29 is 39.1 Å². The summed E-state index contributed by atoms with van der Waals surface area (Å²) in [7, 11) is 0. The van der Waals surface area contributed by atoms with E-state index in [-0.39, 0.29) is 3.28 Å². The Morgan fingerprint density at radius 3 is 2.00 bits per heavy atom. The molecule has 0 aliphatic heterocycles. The van der Waals surface area contributed by atoms with Crippen LogP contribution in [0.2, 0.25) is 0 Å². The molecular weight excluding hydrogens is 157 g/mol. The van der Waals surface area contributed by atoms with Crippen LogP contribution in [0.15, 0.2) is 0 Å². The van der Waals surface area contributed by atoms with E-state index in [9.17, 15) is 4.79 Å². The molecule has 0 aromatic rings. The molecule has 0 atom stereocenters. The van der Waals surface area contributed by atoms with Gasteiger partial charge in [0.05, 0.1) is 0 Å². The molecular formula is CCuOZn. The van der Waals surface area contributed by atoms with Gasteiger partial charge in [-0.3, -0.25) is 0 Å². The minimum absolute atomic E-state index is 0.146. The molecule has 0 heterocycles. The van der Waals surface area contributed by atoms with Crippen molar-refractivity contribution in [2.45, 2.75) is 0 Å². The van der Waals surface area contributed by atoms with Crippen molar-refractivity contribution in [2.75, 3.05) is 0 Å². The van der Waals surface area contributed by atoms with Crippen LogP contribution < -0.4 is 0 Å². The first-order chi connectivity index (χ1) is 1.73. The number of rotatable bonds is 0. The van der Waals surface area contributed by atoms with Gasteiger partial charge in [-0.1, -0.05) is 0 Å². The number of carbonyl (C=O) groups is 1. The minimum atomic E-state index is -0.146. The van der Waals surface area contributed by atoms with E-state index in [1.54, 1.807) is 0 Å². The fourth-order valence-corrected chi connectivity index (χ4v) is 0. The van der Waals surface area contributed by atoms with Crippen molar-refractivity contribution in [1.82, 2.24) is 0 Å². The predicted molar refractivity (Wildman–Crippen MR) is 5.40 cm³/mol. The molecule has 0 bridgehead atoms. The third-order valence-electron chi connectivity index (χ3n) is 0. The van der Waals surface area contributed by atoms with Gasteiger partial charge in [0.25, 0.3) is 0 Å². The van der Waals surface area contributed by atoms with Crippen molar-refractivity contribution in [3.8, 4) is 0 Å². The van der Waals surface area contributed by atoms with Gasteiger partial charge in [0.2, 0.25) is 0 Å². The van der Waals surface area contributed by atoms with E-state index in [4.69, 9.17) is 0 Å². The van der Waals surface area contributed by atoms with Crippen molar-refractivity contribution in [1.29, 1.82) is 0 Å². The Bertz CT molecular complexity index is 31.0. The summed E-state index contributed by atoms with van der Waals surface area (Å²) in [4.78, 5) is 9.31. The predicted octanol–water partition coefficient (Wildman–Crippen LogP) is 0.200. The normalized spacial score (nSPS) is 7.00. The van der Waals surface area contributed by atoms with Crippen LogP contribution in [0, 0.1) is 0 Å². The van der Waals surface area contributed by atoms with E-state index >= 15 is 0 Å². The maximum atomic E-state index is 9.31. The third-order valence-corrected chi connectivity index (χ3v) is 0. The van der Waals surface area contributed by atoms with Gasteiger partial charge in [-0.25, -0.2) is 0 Å². The molecule has 0 amide bonds. The van der Waals surface area contributed by atoms with Crippen molar-refractivity contribution in [3.63, 3.8) is 0 Å². The third kappa shape index (κ3) is 14.0. The molecule has 23 valence electrons. The Balaban J connectivity index is 2.80. The Morgan fingerprint density at radius 1 is 2.00 bits per heavy atom. The van der Waals surface area contributed by atoms with E-state index in [1.807, 2.05) is 0 Å². The molecule has 0 saturated carbocycles. The standard InChI is InChI=1S/CO.Cu.Zn/c1-2;;. The first-order valence-corrected chi connectivity index (χ1v) is 2.66. The molecule has 0 rings (SSSR count). The molecule has 0 aliphatic rings. The van der Waals surface area contributed by atoms with E-state index in [0.717, 1.165) is 0 Å². The van der Waals surface area contributed by atoms with Crippen LogP contribution in [0.3, 0.4) is 0 Å². The molecule has 0 aromatic heterocycles. The van der Waals surface area contributed by atoms with Crippen LogP contribution in [-0.4, -0.2) is 3.28 Å². The van der Waals surface area contributed by atoms with Gasteiger partial charge in [-0.05, 0) is 0 Å². The van der Waals surface area contributed by atoms with Crippen molar-refractivity contribution in [3.05, 3.63) is 0 Å². The number of hydrogen-bond acceptors (Lipinski definition) is 1. The molecule has 0 aliphatic carbocycles. The first-order valence-electron chi connectivity index (χ1n) is 0.708. The van der Waals surface area contributed by atoms with Crippen LogP contribution in [0.1, 0.15) is 0 Å². The summed E-state index contributed by atoms with van der Waals surface area (Å²) in [5, 5.41) is 0. The first kappa shape index (κ1) is 4.81.